The summed E-state index contributed by atoms with van der Waals surface area (Å²) in [6, 6.07) is 0. The molecule has 0 heterocycles. The fourth-order valence-electron chi connectivity index (χ4n) is 10.8. The van der Waals surface area contributed by atoms with Gasteiger partial charge >= 0.3 is 33.6 Å². The van der Waals surface area contributed by atoms with E-state index in [1.165, 1.54) is 57.8 Å². The summed E-state index contributed by atoms with van der Waals surface area (Å²) >= 11 is 0. The summed E-state index contributed by atoms with van der Waals surface area (Å²) < 4.78 is 61.2. The second kappa shape index (κ2) is 85.2. The van der Waals surface area contributed by atoms with E-state index in [0.29, 0.717) is 25.7 Å². The van der Waals surface area contributed by atoms with Crippen molar-refractivity contribution < 1.29 is 75.8 Å². The Labute approximate surface area is 685 Å². The largest absolute Gasteiger partial charge is 0.472 e. The minimum absolute atomic E-state index is 0.0311. The highest BCUT2D eigenvalue weighted by Gasteiger charge is 2.29. The average molecular weight is 1610 g/mol. The fourth-order valence-corrected chi connectivity index (χ4v) is 12.4. The van der Waals surface area contributed by atoms with Crippen LogP contribution in [0.4, 0.5) is 0 Å². The van der Waals surface area contributed by atoms with Gasteiger partial charge in [-0.15, -0.1) is 0 Å². The molecule has 113 heavy (non-hydrogen) atoms. The molecule has 0 radical (unpaired) electrons. The van der Waals surface area contributed by atoms with E-state index >= 15 is 0 Å². The van der Waals surface area contributed by atoms with Gasteiger partial charge in [0.2, 0.25) is 0 Å². The minimum atomic E-state index is -4.97. The van der Waals surface area contributed by atoms with Gasteiger partial charge in [0.05, 0.1) is 26.4 Å². The molecule has 0 aromatic carbocycles. The Bertz CT molecular complexity index is 2930. The Kier molecular flexibility index (Phi) is 80.6. The van der Waals surface area contributed by atoms with E-state index in [9.17, 15) is 43.5 Å². The number of hydrogen-bond donors (Lipinski definition) is 4. The second-order valence-electron chi connectivity index (χ2n) is 27.8. The fraction of sp³-hybridized carbons (Fsp3) is 0.589. The number of aliphatic hydroxyl groups excluding tert-OH is 2. The van der Waals surface area contributed by atoms with Crippen LogP contribution in [0.2, 0.25) is 0 Å². The molecular formula is C95H152O16P2. The number of allylic oxidation sites excluding steroid dienone is 36. The molecule has 638 valence electrons. The van der Waals surface area contributed by atoms with Crippen LogP contribution >= 0.6 is 15.6 Å². The van der Waals surface area contributed by atoms with E-state index in [1.54, 1.807) is 0 Å². The van der Waals surface area contributed by atoms with Crippen molar-refractivity contribution >= 4 is 33.6 Å². The number of ether oxygens (including phenoxy) is 3. The average Bonchev–Trinajstić information content (AvgIpc) is 0.899. The monoisotopic (exact) mass is 1610 g/mol. The molecule has 4 N–H and O–H groups in total. The van der Waals surface area contributed by atoms with Crippen molar-refractivity contribution in [2.24, 2.45) is 0 Å². The van der Waals surface area contributed by atoms with Gasteiger partial charge in [0.1, 0.15) is 25.4 Å². The molecule has 0 aromatic heterocycles. The number of unbranched alkanes of at least 4 members (excludes halogenated alkanes) is 20. The summed E-state index contributed by atoms with van der Waals surface area (Å²) in [5.41, 5.74) is 0. The van der Waals surface area contributed by atoms with E-state index in [4.69, 9.17) is 32.3 Å². The predicted octanol–water partition coefficient (Wildman–Crippen LogP) is 26.2. The molecule has 18 heteroatoms. The highest BCUT2D eigenvalue weighted by atomic mass is 31.2. The third-order valence-electron chi connectivity index (χ3n) is 17.2. The molecule has 0 bridgehead atoms. The van der Waals surface area contributed by atoms with Gasteiger partial charge in [-0.3, -0.25) is 32.5 Å². The van der Waals surface area contributed by atoms with Crippen LogP contribution in [-0.4, -0.2) is 95.9 Å². The van der Waals surface area contributed by atoms with Gasteiger partial charge in [0, 0.05) is 19.3 Å². The summed E-state index contributed by atoms with van der Waals surface area (Å²) in [5.74, 6) is -1.70. The lowest BCUT2D eigenvalue weighted by Crippen LogP contribution is -2.29. The van der Waals surface area contributed by atoms with E-state index in [1.807, 2.05) is 18.2 Å². The summed E-state index contributed by atoms with van der Waals surface area (Å²) in [6.07, 6.45) is 116. The summed E-state index contributed by atoms with van der Waals surface area (Å²) in [5, 5.41) is 20.7. The van der Waals surface area contributed by atoms with Crippen molar-refractivity contribution in [3.63, 3.8) is 0 Å². The molecule has 16 nitrogen and oxygen atoms in total. The molecule has 0 fully saturated rings. The smallest absolute Gasteiger partial charge is 0.463 e. The highest BCUT2D eigenvalue weighted by molar-refractivity contribution is 7.47. The SMILES string of the molecule is CC/C=C\C/C=C\C/C=C\C/C=C\C/C=C\C/C=C\CCCCCCCCCCCCCCC(=O)OCC(O)COP(=O)(O)OCC(O)COP(=O)(O)OCC(COC(=O)CCCCCCCCCC/C=C\C/C=C\C/C=C\C/C=C\C/C=C\C/C=C\CC)OC(=O)CC/C=C\C/C=C\C/C=C\C/C=C\C/C=C\C/C=C\CC. The minimum Gasteiger partial charge on any atom is -0.463 e. The van der Waals surface area contributed by atoms with Crippen molar-refractivity contribution in [3.05, 3.63) is 219 Å². The zero-order valence-electron chi connectivity index (χ0n) is 70.0. The number of phosphoric ester groups is 2. The van der Waals surface area contributed by atoms with Gasteiger partial charge < -0.3 is 34.2 Å². The third kappa shape index (κ3) is 86.6. The Morgan fingerprint density at radius 2 is 0.460 bits per heavy atom. The number of carbonyl (C=O) groups is 3. The van der Waals surface area contributed by atoms with Crippen LogP contribution in [-0.2, 0) is 55.8 Å². The van der Waals surface area contributed by atoms with E-state index in [0.717, 1.165) is 180 Å². The van der Waals surface area contributed by atoms with Gasteiger partial charge in [-0.25, -0.2) is 9.13 Å². The van der Waals surface area contributed by atoms with Crippen molar-refractivity contribution in [1.29, 1.82) is 0 Å². The van der Waals surface area contributed by atoms with Gasteiger partial charge in [0.25, 0.3) is 0 Å². The first-order valence-electron chi connectivity index (χ1n) is 43.0. The topological polar surface area (TPSA) is 231 Å². The van der Waals surface area contributed by atoms with Gasteiger partial charge in [-0.2, -0.15) is 0 Å². The lowest BCUT2D eigenvalue weighted by atomic mass is 10.0. The lowest BCUT2D eigenvalue weighted by molar-refractivity contribution is -0.161. The van der Waals surface area contributed by atoms with Gasteiger partial charge in [-0.05, 0) is 161 Å². The van der Waals surface area contributed by atoms with Crippen LogP contribution < -0.4 is 0 Å². The first kappa shape index (κ1) is 107. The van der Waals surface area contributed by atoms with Crippen molar-refractivity contribution in [3.8, 4) is 0 Å². The van der Waals surface area contributed by atoms with Crippen LogP contribution in [0, 0.1) is 0 Å². The summed E-state index contributed by atoms with van der Waals surface area (Å²) in [7, 11) is -9.85. The molecule has 0 aliphatic heterocycles. The lowest BCUT2D eigenvalue weighted by Gasteiger charge is -2.21. The van der Waals surface area contributed by atoms with Crippen LogP contribution in [0.3, 0.4) is 0 Å². The van der Waals surface area contributed by atoms with Crippen LogP contribution in [0.5, 0.6) is 0 Å². The molecule has 0 rings (SSSR count). The van der Waals surface area contributed by atoms with Crippen molar-refractivity contribution in [2.75, 3.05) is 39.6 Å². The number of esters is 3. The summed E-state index contributed by atoms with van der Waals surface area (Å²) in [4.78, 5) is 58.8. The molecule has 0 aliphatic rings. The van der Waals surface area contributed by atoms with Crippen molar-refractivity contribution in [2.45, 2.75) is 322 Å². The Hall–Kier alpha value is -6.13. The molecule has 0 spiro atoms. The van der Waals surface area contributed by atoms with Gasteiger partial charge in [0.15, 0.2) is 6.10 Å². The first-order chi connectivity index (χ1) is 55.2. The van der Waals surface area contributed by atoms with Crippen molar-refractivity contribution in [1.82, 2.24) is 0 Å². The number of phosphoric acid groups is 2. The molecule has 0 aromatic rings. The molecule has 5 unspecified atom stereocenters. The number of aliphatic hydroxyl groups is 2. The zero-order valence-corrected chi connectivity index (χ0v) is 71.7. The van der Waals surface area contributed by atoms with Gasteiger partial charge in [-0.1, -0.05) is 342 Å². The number of rotatable bonds is 79. The molecule has 0 aliphatic carbocycles. The highest BCUT2D eigenvalue weighted by Crippen LogP contribution is 2.45. The normalized spacial score (nSPS) is 14.9. The standard InChI is InChI=1S/C95H152O16P2/c1-4-7-10-13-16-19-22-25-28-31-34-36-38-40-42-43-44-45-47-49-50-52-55-57-60-63-66-69-72-75-78-81-93(98)105-84-90(96)85-107-112(101,102)108-86-91(97)87-109-113(103,104)110-89-92(111-95(100)83-80-77-74-71-68-65-62-59-54-33-30-27-24-21-18-15-12-9-6-3)88-106-94(99)82-79-76-73-70-67-64-61-58-56-53-51-48-46-41-39-37-35-32-29-26-23-20-17-14-11-8-5-2/h7-12,16-21,25-30,34-37,40-42,44-46,51,53-54,59,65,68,74,77,90-92,96-97H,4-6,13-15,22-24,31-33,38-39,43,47-50,52,55-58,60-64,66-67,69-73,75-76,78-89H2,1-3H3,(H,101,102)(H,103,104)/b10-7-,11-8-,12-9-,19-16-,20-17-,21-18-,28-25-,29-26-,30-27-,36-34-,37-35-,42-40-,45-44-,46-41-,53-51-,59-54-,68-65-,77-74-. The molecule has 0 amide bonds. The number of carbonyl (C=O) groups excluding carboxylic acids is 3. The molecular weight excluding hydrogens is 1460 g/mol. The molecule has 5 atom stereocenters. The number of hydrogen-bond acceptors (Lipinski definition) is 14. The quantitative estimate of drug-likeness (QED) is 0.0146. The maximum atomic E-state index is 13.0. The Balaban J connectivity index is 4.66. The zero-order chi connectivity index (χ0) is 82.2. The van der Waals surface area contributed by atoms with Crippen LogP contribution in [0.25, 0.3) is 0 Å². The van der Waals surface area contributed by atoms with E-state index in [2.05, 4.69) is 221 Å². The van der Waals surface area contributed by atoms with Crippen LogP contribution in [0.1, 0.15) is 303 Å². The van der Waals surface area contributed by atoms with Crippen LogP contribution in [0.15, 0.2) is 219 Å². The predicted molar refractivity (Wildman–Crippen MR) is 472 cm³/mol. The third-order valence-corrected chi connectivity index (χ3v) is 19.1. The van der Waals surface area contributed by atoms with E-state index < -0.39 is 91.5 Å². The first-order valence-corrected chi connectivity index (χ1v) is 46.0. The summed E-state index contributed by atoms with van der Waals surface area (Å²) in [6.45, 7) is 2.23. The maximum Gasteiger partial charge on any atom is 0.472 e. The Morgan fingerprint density at radius 1 is 0.248 bits per heavy atom. The van der Waals surface area contributed by atoms with E-state index in [-0.39, 0.29) is 19.3 Å². The molecule has 0 saturated carbocycles. The Morgan fingerprint density at radius 3 is 0.735 bits per heavy atom. The second-order valence-corrected chi connectivity index (χ2v) is 30.7. The maximum absolute atomic E-state index is 13.0. The molecule has 0 saturated heterocycles.